The van der Waals surface area contributed by atoms with Crippen LogP contribution in [0.5, 0.6) is 0 Å². The van der Waals surface area contributed by atoms with Crippen molar-refractivity contribution in [3.05, 3.63) is 59.4 Å². The van der Waals surface area contributed by atoms with Crippen molar-refractivity contribution in [3.63, 3.8) is 0 Å². The Kier molecular flexibility index (Phi) is 6.42. The molecule has 11 heteroatoms. The van der Waals surface area contributed by atoms with E-state index in [-0.39, 0.29) is 10.5 Å². The molecule has 0 atom stereocenters. The number of halogens is 3. The first kappa shape index (κ1) is 21.8. The van der Waals surface area contributed by atoms with Crippen LogP contribution in [0.2, 0.25) is 0 Å². The molecule has 0 saturated carbocycles. The van der Waals surface area contributed by atoms with E-state index in [0.717, 1.165) is 25.0 Å². The van der Waals surface area contributed by atoms with E-state index in [1.54, 1.807) is 0 Å². The molecule has 0 spiro atoms. The number of benzene rings is 2. The van der Waals surface area contributed by atoms with E-state index in [2.05, 4.69) is 0 Å². The van der Waals surface area contributed by atoms with E-state index in [1.165, 1.54) is 22.5 Å². The highest BCUT2D eigenvalue weighted by Gasteiger charge is 2.28. The number of hydrogen-bond acceptors (Lipinski definition) is 5. The number of carbonyl (C=O) groups excluding carboxylic acids is 2. The summed E-state index contributed by atoms with van der Waals surface area (Å²) >= 11 is 0. The summed E-state index contributed by atoms with van der Waals surface area (Å²) in [5, 5.41) is 1.96. The first-order valence-electron chi connectivity index (χ1n) is 8.91. The summed E-state index contributed by atoms with van der Waals surface area (Å²) in [5.41, 5.74) is -0.712. The van der Waals surface area contributed by atoms with E-state index in [9.17, 15) is 31.2 Å². The lowest BCUT2D eigenvalue weighted by Crippen LogP contribution is -2.28. The number of anilines is 1. The monoisotopic (exact) mass is 442 g/mol. The first-order chi connectivity index (χ1) is 14.2. The molecule has 1 amide bonds. The zero-order chi connectivity index (χ0) is 21.9. The Morgan fingerprint density at radius 2 is 1.73 bits per heavy atom. The molecule has 2 aromatic carbocycles. The zero-order valence-corrected chi connectivity index (χ0v) is 16.3. The lowest BCUT2D eigenvalue weighted by atomic mass is 10.2. The first-order valence-corrected chi connectivity index (χ1v) is 10.3. The third kappa shape index (κ3) is 4.62. The average molecular weight is 442 g/mol. The summed E-state index contributed by atoms with van der Waals surface area (Å²) in [6, 6.07) is 6.63. The number of sulfonamides is 1. The highest BCUT2D eigenvalue weighted by Crippen LogP contribution is 2.22. The number of rotatable bonds is 6. The molecule has 0 aromatic heterocycles. The van der Waals surface area contributed by atoms with Crippen LogP contribution in [-0.2, 0) is 19.6 Å². The number of nitrogens with one attached hydrogen (secondary N) is 1. The molecule has 2 aromatic rings. The van der Waals surface area contributed by atoms with Crippen molar-refractivity contribution in [2.45, 2.75) is 17.7 Å². The van der Waals surface area contributed by atoms with E-state index in [4.69, 9.17) is 4.74 Å². The third-order valence-electron chi connectivity index (χ3n) is 4.42. The Hall–Kier alpha value is -2.92. The van der Waals surface area contributed by atoms with Crippen LogP contribution < -0.4 is 5.32 Å². The van der Waals surface area contributed by atoms with Crippen molar-refractivity contribution in [1.29, 1.82) is 0 Å². The average Bonchev–Trinajstić information content (AvgIpc) is 3.28. The maximum atomic E-state index is 13.6. The highest BCUT2D eigenvalue weighted by atomic mass is 32.2. The maximum absolute atomic E-state index is 13.6. The van der Waals surface area contributed by atoms with Crippen LogP contribution in [-0.4, -0.2) is 44.3 Å². The Labute approximate surface area is 170 Å². The van der Waals surface area contributed by atoms with Gasteiger partial charge in [-0.3, -0.25) is 4.79 Å². The van der Waals surface area contributed by atoms with Gasteiger partial charge in [0.1, 0.15) is 0 Å². The molecule has 30 heavy (non-hydrogen) atoms. The summed E-state index contributed by atoms with van der Waals surface area (Å²) < 4.78 is 70.9. The molecule has 0 aliphatic carbocycles. The molecule has 7 nitrogen and oxygen atoms in total. The van der Waals surface area contributed by atoms with Crippen LogP contribution in [0.25, 0.3) is 0 Å². The molecule has 1 aliphatic rings. The molecular formula is C19H17F3N2O5S. The van der Waals surface area contributed by atoms with Crippen molar-refractivity contribution < 1.29 is 35.9 Å². The summed E-state index contributed by atoms with van der Waals surface area (Å²) in [4.78, 5) is 23.9. The Bertz CT molecular complexity index is 1090. The van der Waals surface area contributed by atoms with Crippen molar-refractivity contribution in [2.24, 2.45) is 0 Å². The van der Waals surface area contributed by atoms with Gasteiger partial charge < -0.3 is 10.1 Å². The number of hydrogen-bond donors (Lipinski definition) is 1. The summed E-state index contributed by atoms with van der Waals surface area (Å²) in [6.45, 7) is -0.0458. The minimum atomic E-state index is -3.74. The molecule has 3 rings (SSSR count). The molecule has 1 saturated heterocycles. The normalized spacial score (nSPS) is 14.5. The topological polar surface area (TPSA) is 92.8 Å². The van der Waals surface area contributed by atoms with Gasteiger partial charge in [0.05, 0.1) is 16.1 Å². The molecular weight excluding hydrogens is 425 g/mol. The van der Waals surface area contributed by atoms with Gasteiger partial charge in [-0.15, -0.1) is 0 Å². The number of ether oxygens (including phenoxy) is 1. The second-order valence-corrected chi connectivity index (χ2v) is 8.42. The van der Waals surface area contributed by atoms with Crippen molar-refractivity contribution in [3.8, 4) is 0 Å². The van der Waals surface area contributed by atoms with E-state index in [0.29, 0.717) is 19.2 Å². The predicted molar refractivity (Wildman–Crippen MR) is 99.7 cm³/mol. The van der Waals surface area contributed by atoms with Crippen LogP contribution in [0.15, 0.2) is 41.3 Å². The van der Waals surface area contributed by atoms with Crippen LogP contribution in [0, 0.1) is 17.5 Å². The van der Waals surface area contributed by atoms with Crippen molar-refractivity contribution in [1.82, 2.24) is 4.31 Å². The van der Waals surface area contributed by atoms with E-state index < -0.39 is 51.6 Å². The molecule has 1 N–H and O–H groups in total. The van der Waals surface area contributed by atoms with Crippen LogP contribution in [0.1, 0.15) is 23.2 Å². The van der Waals surface area contributed by atoms with Gasteiger partial charge in [-0.05, 0) is 43.2 Å². The predicted octanol–water partition coefficient (Wildman–Crippen LogP) is 2.68. The summed E-state index contributed by atoms with van der Waals surface area (Å²) in [5.74, 6) is -6.72. The molecule has 0 radical (unpaired) electrons. The zero-order valence-electron chi connectivity index (χ0n) is 15.5. The molecule has 1 aliphatic heterocycles. The smallest absolute Gasteiger partial charge is 0.338 e. The third-order valence-corrected chi connectivity index (χ3v) is 6.31. The molecule has 160 valence electrons. The molecule has 0 bridgehead atoms. The fraction of sp³-hybridized carbons (Fsp3) is 0.263. The largest absolute Gasteiger partial charge is 0.452 e. The van der Waals surface area contributed by atoms with Crippen molar-refractivity contribution in [2.75, 3.05) is 25.0 Å². The standard InChI is InChI=1S/C19H17F3N2O5S/c20-14-6-7-15(18(22)17(14)21)23-16(25)11-29-19(26)12-4-3-5-13(10-12)30(27,28)24-8-1-2-9-24/h3-7,10H,1-2,8-9,11H2,(H,23,25). The minimum absolute atomic E-state index is 0.0767. The second kappa shape index (κ2) is 8.84. The van der Waals surface area contributed by atoms with Crippen molar-refractivity contribution >= 4 is 27.6 Å². The maximum Gasteiger partial charge on any atom is 0.338 e. The fourth-order valence-electron chi connectivity index (χ4n) is 2.88. The minimum Gasteiger partial charge on any atom is -0.452 e. The Morgan fingerprint density at radius 1 is 1.03 bits per heavy atom. The van der Waals surface area contributed by atoms with Crippen LogP contribution >= 0.6 is 0 Å². The van der Waals surface area contributed by atoms with E-state index >= 15 is 0 Å². The second-order valence-electron chi connectivity index (χ2n) is 6.49. The molecule has 1 heterocycles. The lowest BCUT2D eigenvalue weighted by Gasteiger charge is -2.15. The van der Waals surface area contributed by atoms with Gasteiger partial charge in [0.25, 0.3) is 5.91 Å². The molecule has 1 fully saturated rings. The lowest BCUT2D eigenvalue weighted by molar-refractivity contribution is -0.119. The van der Waals surface area contributed by atoms with Gasteiger partial charge in [-0.25, -0.2) is 26.4 Å². The number of amides is 1. The summed E-state index contributed by atoms with van der Waals surface area (Å²) in [6.07, 6.45) is 1.52. The van der Waals surface area contributed by atoms with Crippen LogP contribution in [0.4, 0.5) is 18.9 Å². The summed E-state index contributed by atoms with van der Waals surface area (Å²) in [7, 11) is -3.74. The van der Waals surface area contributed by atoms with Gasteiger partial charge in [0, 0.05) is 13.1 Å². The van der Waals surface area contributed by atoms with Gasteiger partial charge in [-0.2, -0.15) is 4.31 Å². The SMILES string of the molecule is O=C(COC(=O)c1cccc(S(=O)(=O)N2CCCC2)c1)Nc1ccc(F)c(F)c1F. The number of nitrogens with zero attached hydrogens (tertiary/aromatic N) is 1. The molecule has 0 unspecified atom stereocenters. The van der Waals surface area contributed by atoms with Gasteiger partial charge in [0.15, 0.2) is 24.1 Å². The quantitative estimate of drug-likeness (QED) is 0.549. The van der Waals surface area contributed by atoms with E-state index in [1.807, 2.05) is 5.32 Å². The van der Waals surface area contributed by atoms with Crippen LogP contribution in [0.3, 0.4) is 0 Å². The number of esters is 1. The Balaban J connectivity index is 1.64. The Morgan fingerprint density at radius 3 is 2.43 bits per heavy atom. The van der Waals surface area contributed by atoms with Gasteiger partial charge in [0.2, 0.25) is 10.0 Å². The fourth-order valence-corrected chi connectivity index (χ4v) is 4.45. The van der Waals surface area contributed by atoms with Gasteiger partial charge in [-0.1, -0.05) is 6.07 Å². The van der Waals surface area contributed by atoms with Gasteiger partial charge >= 0.3 is 5.97 Å². The number of carbonyl (C=O) groups is 2. The highest BCUT2D eigenvalue weighted by molar-refractivity contribution is 7.89.